The zero-order valence-electron chi connectivity index (χ0n) is 9.17. The molecule has 1 aromatic rings. The number of hydrogen-bond donors (Lipinski definition) is 0. The predicted octanol–water partition coefficient (Wildman–Crippen LogP) is 1.15. The van der Waals surface area contributed by atoms with Crippen LogP contribution >= 0.6 is 11.6 Å². The molecule has 0 aliphatic carbocycles. The summed E-state index contributed by atoms with van der Waals surface area (Å²) in [5.74, 6) is 0.703. The van der Waals surface area contributed by atoms with Crippen molar-refractivity contribution < 1.29 is 9.53 Å². The van der Waals surface area contributed by atoms with Crippen molar-refractivity contribution in [3.05, 3.63) is 30.2 Å². The Morgan fingerprint density at radius 1 is 1.65 bits per heavy atom. The van der Waals surface area contributed by atoms with Crippen LogP contribution in [0, 0.1) is 5.92 Å². The van der Waals surface area contributed by atoms with E-state index >= 15 is 0 Å². The van der Waals surface area contributed by atoms with E-state index in [2.05, 4.69) is 16.5 Å². The normalized spacial score (nSPS) is 15.2. The fourth-order valence-corrected chi connectivity index (χ4v) is 1.72. The highest BCUT2D eigenvalue weighted by molar-refractivity contribution is 6.29. The first-order valence-electron chi connectivity index (χ1n) is 5.20. The van der Waals surface area contributed by atoms with Crippen LogP contribution in [0.25, 0.3) is 0 Å². The molecule has 5 nitrogen and oxygen atoms in total. The van der Waals surface area contributed by atoms with Gasteiger partial charge in [0.05, 0.1) is 19.0 Å². The van der Waals surface area contributed by atoms with Gasteiger partial charge in [0.2, 0.25) is 11.8 Å². The van der Waals surface area contributed by atoms with Gasteiger partial charge in [-0.2, -0.15) is 4.98 Å². The molecule has 0 N–H and O–H groups in total. The van der Waals surface area contributed by atoms with Gasteiger partial charge < -0.3 is 9.64 Å². The standard InChI is InChI=1S/C11H12ClN3O2/c1-2-11(16)15-5-8(6-15)7-17-10-4-13-3-9(12)14-10/h2-4,8H,1,5-7H2. The molecular weight excluding hydrogens is 242 g/mol. The zero-order chi connectivity index (χ0) is 12.3. The van der Waals surface area contributed by atoms with Crippen molar-refractivity contribution in [2.75, 3.05) is 19.7 Å². The number of aromatic nitrogens is 2. The summed E-state index contributed by atoms with van der Waals surface area (Å²) >= 11 is 5.67. The molecule has 0 unspecified atom stereocenters. The van der Waals surface area contributed by atoms with Gasteiger partial charge in [-0.05, 0) is 6.08 Å². The molecule has 1 fully saturated rings. The molecule has 1 aliphatic rings. The van der Waals surface area contributed by atoms with Crippen LogP contribution in [-0.4, -0.2) is 40.5 Å². The van der Waals surface area contributed by atoms with Gasteiger partial charge in [-0.1, -0.05) is 18.2 Å². The Labute approximate surface area is 104 Å². The monoisotopic (exact) mass is 253 g/mol. The minimum atomic E-state index is -0.0382. The summed E-state index contributed by atoms with van der Waals surface area (Å²) in [7, 11) is 0. The van der Waals surface area contributed by atoms with Gasteiger partial charge in [-0.3, -0.25) is 9.78 Å². The third kappa shape index (κ3) is 2.94. The molecule has 0 radical (unpaired) electrons. The largest absolute Gasteiger partial charge is 0.476 e. The first kappa shape index (κ1) is 11.9. The molecule has 17 heavy (non-hydrogen) atoms. The van der Waals surface area contributed by atoms with Crippen LogP contribution < -0.4 is 4.74 Å². The van der Waals surface area contributed by atoms with E-state index in [-0.39, 0.29) is 5.91 Å². The number of carbonyl (C=O) groups excluding carboxylic acids is 1. The van der Waals surface area contributed by atoms with Gasteiger partial charge in [-0.15, -0.1) is 0 Å². The zero-order valence-corrected chi connectivity index (χ0v) is 9.93. The molecule has 0 bridgehead atoms. The van der Waals surface area contributed by atoms with Gasteiger partial charge in [0, 0.05) is 19.0 Å². The molecule has 2 rings (SSSR count). The van der Waals surface area contributed by atoms with Crippen LogP contribution in [0.3, 0.4) is 0 Å². The lowest BCUT2D eigenvalue weighted by Gasteiger charge is -2.38. The summed E-state index contributed by atoms with van der Waals surface area (Å²) in [5, 5.41) is 0.305. The number of nitrogens with zero attached hydrogens (tertiary/aromatic N) is 3. The van der Waals surface area contributed by atoms with E-state index in [0.717, 1.165) is 0 Å². The highest BCUT2D eigenvalue weighted by Crippen LogP contribution is 2.17. The van der Waals surface area contributed by atoms with Gasteiger partial charge in [-0.25, -0.2) is 0 Å². The van der Waals surface area contributed by atoms with Gasteiger partial charge in [0.15, 0.2) is 5.15 Å². The number of ether oxygens (including phenoxy) is 1. The summed E-state index contributed by atoms with van der Waals surface area (Å²) in [5.41, 5.74) is 0. The number of amides is 1. The van der Waals surface area contributed by atoms with Crippen molar-refractivity contribution in [3.63, 3.8) is 0 Å². The Bertz CT molecular complexity index is 432. The second-order valence-corrected chi connectivity index (χ2v) is 4.19. The van der Waals surface area contributed by atoms with E-state index in [4.69, 9.17) is 16.3 Å². The van der Waals surface area contributed by atoms with Crippen LogP contribution in [0.2, 0.25) is 5.15 Å². The minimum absolute atomic E-state index is 0.0382. The third-order valence-corrected chi connectivity index (χ3v) is 2.68. The van der Waals surface area contributed by atoms with Crippen molar-refractivity contribution in [1.29, 1.82) is 0 Å². The Morgan fingerprint density at radius 2 is 2.41 bits per heavy atom. The average molecular weight is 254 g/mol. The van der Waals surface area contributed by atoms with E-state index in [1.165, 1.54) is 18.5 Å². The Kier molecular flexibility index (Phi) is 3.58. The van der Waals surface area contributed by atoms with E-state index < -0.39 is 0 Å². The number of likely N-dealkylation sites (tertiary alicyclic amines) is 1. The van der Waals surface area contributed by atoms with Crippen molar-refractivity contribution in [3.8, 4) is 5.88 Å². The first-order valence-corrected chi connectivity index (χ1v) is 5.58. The van der Waals surface area contributed by atoms with Gasteiger partial charge in [0.1, 0.15) is 0 Å². The summed E-state index contributed by atoms with van der Waals surface area (Å²) < 4.78 is 5.43. The number of rotatable bonds is 4. The second-order valence-electron chi connectivity index (χ2n) is 3.80. The molecule has 0 spiro atoms. The lowest BCUT2D eigenvalue weighted by Crippen LogP contribution is -2.51. The van der Waals surface area contributed by atoms with Crippen LogP contribution in [0.4, 0.5) is 0 Å². The van der Waals surface area contributed by atoms with E-state index in [9.17, 15) is 4.79 Å². The third-order valence-electron chi connectivity index (χ3n) is 2.49. The fraction of sp³-hybridized carbons (Fsp3) is 0.364. The molecule has 0 aromatic carbocycles. The second kappa shape index (κ2) is 5.14. The summed E-state index contributed by atoms with van der Waals surface area (Å²) in [6.07, 6.45) is 4.28. The number of hydrogen-bond acceptors (Lipinski definition) is 4. The molecular formula is C11H12ClN3O2. The molecule has 1 amide bonds. The maximum Gasteiger partial charge on any atom is 0.245 e. The summed E-state index contributed by atoms with van der Waals surface area (Å²) in [6, 6.07) is 0. The Hall–Kier alpha value is -1.62. The quantitative estimate of drug-likeness (QED) is 0.756. The number of carbonyl (C=O) groups is 1. The maximum absolute atomic E-state index is 11.2. The molecule has 2 heterocycles. The van der Waals surface area contributed by atoms with Crippen molar-refractivity contribution in [1.82, 2.24) is 14.9 Å². The van der Waals surface area contributed by atoms with Crippen LogP contribution in [0.15, 0.2) is 25.0 Å². The minimum Gasteiger partial charge on any atom is -0.476 e. The Morgan fingerprint density at radius 3 is 3.06 bits per heavy atom. The van der Waals surface area contributed by atoms with Crippen molar-refractivity contribution >= 4 is 17.5 Å². The van der Waals surface area contributed by atoms with Crippen LogP contribution in [-0.2, 0) is 4.79 Å². The highest BCUT2D eigenvalue weighted by Gasteiger charge is 2.29. The molecule has 6 heteroatoms. The summed E-state index contributed by atoms with van der Waals surface area (Å²) in [4.78, 5) is 20.7. The van der Waals surface area contributed by atoms with E-state index in [1.54, 1.807) is 4.90 Å². The van der Waals surface area contributed by atoms with E-state index in [0.29, 0.717) is 36.6 Å². The smallest absolute Gasteiger partial charge is 0.245 e. The average Bonchev–Trinajstić information content (AvgIpc) is 2.26. The van der Waals surface area contributed by atoms with E-state index in [1.807, 2.05) is 0 Å². The van der Waals surface area contributed by atoms with Gasteiger partial charge >= 0.3 is 0 Å². The maximum atomic E-state index is 11.2. The molecule has 1 aromatic heterocycles. The molecule has 1 aliphatic heterocycles. The molecule has 0 atom stereocenters. The lowest BCUT2D eigenvalue weighted by molar-refractivity contribution is -0.132. The van der Waals surface area contributed by atoms with Crippen LogP contribution in [0.5, 0.6) is 5.88 Å². The first-order chi connectivity index (χ1) is 8.19. The lowest BCUT2D eigenvalue weighted by atomic mass is 10.0. The number of halogens is 1. The van der Waals surface area contributed by atoms with Gasteiger partial charge in [0.25, 0.3) is 0 Å². The Balaban J connectivity index is 1.75. The topological polar surface area (TPSA) is 55.3 Å². The molecule has 1 saturated heterocycles. The molecule has 0 saturated carbocycles. The SMILES string of the molecule is C=CC(=O)N1CC(COc2cncc(Cl)n2)C1. The summed E-state index contributed by atoms with van der Waals surface area (Å²) in [6.45, 7) is 5.33. The highest BCUT2D eigenvalue weighted by atomic mass is 35.5. The fourth-order valence-electron chi connectivity index (χ4n) is 1.58. The predicted molar refractivity (Wildman–Crippen MR) is 62.8 cm³/mol. The molecule has 90 valence electrons. The van der Waals surface area contributed by atoms with Crippen molar-refractivity contribution in [2.45, 2.75) is 0 Å². The van der Waals surface area contributed by atoms with Crippen LogP contribution in [0.1, 0.15) is 0 Å². The van der Waals surface area contributed by atoms with Crippen molar-refractivity contribution in [2.24, 2.45) is 5.92 Å².